The smallest absolute Gasteiger partial charge is 0.253 e. The number of hydrogen-bond donors (Lipinski definition) is 3. The Morgan fingerprint density at radius 2 is 2.00 bits per heavy atom. The molecule has 0 radical (unpaired) electrons. The van der Waals surface area contributed by atoms with Crippen molar-refractivity contribution in [2.75, 3.05) is 18.9 Å². The number of nitrogens with zero attached hydrogens (tertiary/aromatic N) is 1. The highest BCUT2D eigenvalue weighted by Gasteiger charge is 2.15. The molecular formula is C13H19ClN4O2. The summed E-state index contributed by atoms with van der Waals surface area (Å²) in [6.45, 7) is 5.51. The minimum atomic E-state index is -0.397. The van der Waals surface area contributed by atoms with Crippen LogP contribution in [0.25, 0.3) is 0 Å². The average molecular weight is 299 g/mol. The zero-order chi connectivity index (χ0) is 15.3. The predicted molar refractivity (Wildman–Crippen MR) is 79.0 cm³/mol. The Labute approximate surface area is 123 Å². The van der Waals surface area contributed by atoms with E-state index in [0.29, 0.717) is 16.4 Å². The second-order valence-electron chi connectivity index (χ2n) is 5.29. The third kappa shape index (κ3) is 5.05. The van der Waals surface area contributed by atoms with Crippen molar-refractivity contribution in [1.82, 2.24) is 15.6 Å². The quantitative estimate of drug-likeness (QED) is 0.785. The molecule has 1 aromatic rings. The Balaban J connectivity index is 2.59. The van der Waals surface area contributed by atoms with Crippen LogP contribution >= 0.6 is 11.6 Å². The monoisotopic (exact) mass is 298 g/mol. The number of rotatable bonds is 4. The maximum Gasteiger partial charge on any atom is 0.253 e. The van der Waals surface area contributed by atoms with Gasteiger partial charge in [0, 0.05) is 18.8 Å². The molecule has 0 aliphatic rings. The molecule has 3 N–H and O–H groups in total. The Kier molecular flexibility index (Phi) is 5.33. The fourth-order valence-corrected chi connectivity index (χ4v) is 1.73. The molecule has 1 rings (SSSR count). The average Bonchev–Trinajstić information content (AvgIpc) is 2.33. The van der Waals surface area contributed by atoms with Gasteiger partial charge in [-0.1, -0.05) is 11.6 Å². The molecule has 0 aliphatic heterocycles. The lowest BCUT2D eigenvalue weighted by Gasteiger charge is -2.20. The van der Waals surface area contributed by atoms with Gasteiger partial charge in [-0.3, -0.25) is 9.59 Å². The summed E-state index contributed by atoms with van der Waals surface area (Å²) in [6.07, 6.45) is 1.40. The zero-order valence-electron chi connectivity index (χ0n) is 12.0. The van der Waals surface area contributed by atoms with E-state index >= 15 is 0 Å². The third-order valence-electron chi connectivity index (χ3n) is 2.26. The molecule has 0 aromatic carbocycles. The Morgan fingerprint density at radius 1 is 1.35 bits per heavy atom. The highest BCUT2D eigenvalue weighted by molar-refractivity contribution is 6.33. The van der Waals surface area contributed by atoms with Crippen molar-refractivity contribution in [2.45, 2.75) is 26.3 Å². The van der Waals surface area contributed by atoms with Gasteiger partial charge in [0.15, 0.2) is 0 Å². The Morgan fingerprint density at radius 3 is 2.50 bits per heavy atom. The molecule has 20 heavy (non-hydrogen) atoms. The van der Waals surface area contributed by atoms with Crippen LogP contribution in [0.2, 0.25) is 5.02 Å². The van der Waals surface area contributed by atoms with Crippen LogP contribution in [0.15, 0.2) is 12.3 Å². The van der Waals surface area contributed by atoms with E-state index in [-0.39, 0.29) is 18.0 Å². The van der Waals surface area contributed by atoms with Crippen LogP contribution in [-0.4, -0.2) is 35.9 Å². The molecule has 0 atom stereocenters. The number of nitrogens with one attached hydrogen (secondary N) is 3. The van der Waals surface area contributed by atoms with E-state index in [1.807, 2.05) is 20.8 Å². The second kappa shape index (κ2) is 6.56. The fourth-order valence-electron chi connectivity index (χ4n) is 1.47. The summed E-state index contributed by atoms with van der Waals surface area (Å²) in [5.74, 6) is -0.156. The summed E-state index contributed by atoms with van der Waals surface area (Å²) in [5.41, 5.74) is -0.0289. The highest BCUT2D eigenvalue weighted by Crippen LogP contribution is 2.19. The van der Waals surface area contributed by atoms with Crippen LogP contribution in [0.4, 0.5) is 5.82 Å². The van der Waals surface area contributed by atoms with Gasteiger partial charge in [0.25, 0.3) is 5.91 Å². The van der Waals surface area contributed by atoms with Gasteiger partial charge >= 0.3 is 0 Å². The second-order valence-corrected chi connectivity index (χ2v) is 5.69. The number of amides is 2. The fraction of sp³-hybridized carbons (Fsp3) is 0.462. The van der Waals surface area contributed by atoms with Crippen molar-refractivity contribution in [1.29, 1.82) is 0 Å². The molecule has 1 heterocycles. The lowest BCUT2D eigenvalue weighted by atomic mass is 10.1. The van der Waals surface area contributed by atoms with Crippen LogP contribution in [0.1, 0.15) is 31.1 Å². The molecule has 0 aliphatic carbocycles. The standard InChI is InChI=1S/C13H19ClN4O2/c1-13(2,3)18-10(19)7-17-12(20)8-5-9(14)11(15-4)16-6-8/h5-6H,7H2,1-4H3,(H,15,16)(H,17,20)(H,18,19). The number of hydrogen-bond acceptors (Lipinski definition) is 4. The van der Waals surface area contributed by atoms with Crippen LogP contribution in [0.5, 0.6) is 0 Å². The van der Waals surface area contributed by atoms with Crippen molar-refractivity contribution in [3.05, 3.63) is 22.8 Å². The maximum absolute atomic E-state index is 11.9. The molecule has 0 fully saturated rings. The SMILES string of the molecule is CNc1ncc(C(=O)NCC(=O)NC(C)(C)C)cc1Cl. The number of aromatic nitrogens is 1. The van der Waals surface area contributed by atoms with E-state index in [0.717, 1.165) is 0 Å². The Bertz CT molecular complexity index is 512. The third-order valence-corrected chi connectivity index (χ3v) is 2.55. The van der Waals surface area contributed by atoms with Crippen LogP contribution in [0.3, 0.4) is 0 Å². The molecule has 2 amide bonds. The van der Waals surface area contributed by atoms with E-state index in [9.17, 15) is 9.59 Å². The first-order chi connectivity index (χ1) is 9.23. The lowest BCUT2D eigenvalue weighted by Crippen LogP contribution is -2.45. The van der Waals surface area contributed by atoms with Crippen LogP contribution in [0, 0.1) is 0 Å². The molecule has 1 aromatic heterocycles. The van der Waals surface area contributed by atoms with Gasteiger partial charge in [0.05, 0.1) is 17.1 Å². The molecule has 110 valence electrons. The normalized spacial score (nSPS) is 10.8. The molecular weight excluding hydrogens is 280 g/mol. The molecule has 0 spiro atoms. The molecule has 0 saturated carbocycles. The first-order valence-electron chi connectivity index (χ1n) is 6.15. The van der Waals surface area contributed by atoms with E-state index in [4.69, 9.17) is 11.6 Å². The summed E-state index contributed by atoms with van der Waals surface area (Å²) < 4.78 is 0. The van der Waals surface area contributed by atoms with Gasteiger partial charge in [-0.2, -0.15) is 0 Å². The van der Waals surface area contributed by atoms with Crippen molar-refractivity contribution >= 4 is 29.2 Å². The predicted octanol–water partition coefficient (Wildman–Crippen LogP) is 1.42. The summed E-state index contributed by atoms with van der Waals surface area (Å²) in [6, 6.07) is 1.50. The molecule has 7 heteroatoms. The molecule has 6 nitrogen and oxygen atoms in total. The van der Waals surface area contributed by atoms with Crippen molar-refractivity contribution in [2.24, 2.45) is 0 Å². The number of carbonyl (C=O) groups is 2. The highest BCUT2D eigenvalue weighted by atomic mass is 35.5. The Hall–Kier alpha value is -1.82. The first-order valence-corrected chi connectivity index (χ1v) is 6.53. The topological polar surface area (TPSA) is 83.1 Å². The van der Waals surface area contributed by atoms with Gasteiger partial charge in [-0.15, -0.1) is 0 Å². The summed E-state index contributed by atoms with van der Waals surface area (Å²) in [5, 5.41) is 8.41. The number of carbonyl (C=O) groups excluding carboxylic acids is 2. The zero-order valence-corrected chi connectivity index (χ0v) is 12.8. The molecule has 0 saturated heterocycles. The summed E-state index contributed by atoms with van der Waals surface area (Å²) in [4.78, 5) is 27.4. The van der Waals surface area contributed by atoms with Crippen LogP contribution < -0.4 is 16.0 Å². The molecule has 0 unspecified atom stereocenters. The van der Waals surface area contributed by atoms with Crippen molar-refractivity contribution in [3.63, 3.8) is 0 Å². The van der Waals surface area contributed by atoms with E-state index in [2.05, 4.69) is 20.9 Å². The number of halogens is 1. The van der Waals surface area contributed by atoms with E-state index in [1.165, 1.54) is 12.3 Å². The van der Waals surface area contributed by atoms with Gasteiger partial charge < -0.3 is 16.0 Å². The van der Waals surface area contributed by atoms with Crippen molar-refractivity contribution in [3.8, 4) is 0 Å². The van der Waals surface area contributed by atoms with Gasteiger partial charge in [0.1, 0.15) is 5.82 Å². The number of pyridine rings is 1. The van der Waals surface area contributed by atoms with E-state index < -0.39 is 5.91 Å². The van der Waals surface area contributed by atoms with E-state index in [1.54, 1.807) is 7.05 Å². The lowest BCUT2D eigenvalue weighted by molar-refractivity contribution is -0.121. The van der Waals surface area contributed by atoms with Gasteiger partial charge in [-0.05, 0) is 26.8 Å². The molecule has 0 bridgehead atoms. The van der Waals surface area contributed by atoms with Crippen molar-refractivity contribution < 1.29 is 9.59 Å². The minimum Gasteiger partial charge on any atom is -0.372 e. The largest absolute Gasteiger partial charge is 0.372 e. The first kappa shape index (κ1) is 16.2. The van der Waals surface area contributed by atoms with Crippen LogP contribution in [-0.2, 0) is 4.79 Å². The summed E-state index contributed by atoms with van der Waals surface area (Å²) >= 11 is 5.94. The summed E-state index contributed by atoms with van der Waals surface area (Å²) in [7, 11) is 1.69. The van der Waals surface area contributed by atoms with Gasteiger partial charge in [0.2, 0.25) is 5.91 Å². The number of anilines is 1. The maximum atomic E-state index is 11.9. The minimum absolute atomic E-state index is 0.0957. The van der Waals surface area contributed by atoms with Gasteiger partial charge in [-0.25, -0.2) is 4.98 Å².